The highest BCUT2D eigenvalue weighted by atomic mass is 15.2. The third-order valence-electron chi connectivity index (χ3n) is 1.34. The second kappa shape index (κ2) is 4.29. The molecule has 4 heteroatoms. The van der Waals surface area contributed by atoms with E-state index in [-0.39, 0.29) is 0 Å². The fraction of sp³-hybridized carbons (Fsp3) is 0.375. The standard InChI is InChI=1S/C8H10N4/c1-7-3-4-8(12-11-7)10-6-2-5-9/h3-4H,2,6H2,1H3,(H,10,12). The summed E-state index contributed by atoms with van der Waals surface area (Å²) in [6.45, 7) is 2.50. The van der Waals surface area contributed by atoms with Gasteiger partial charge in [0, 0.05) is 6.54 Å². The van der Waals surface area contributed by atoms with Gasteiger partial charge in [-0.3, -0.25) is 0 Å². The van der Waals surface area contributed by atoms with E-state index in [1.54, 1.807) is 0 Å². The number of aryl methyl sites for hydroxylation is 1. The fourth-order valence-corrected chi connectivity index (χ4v) is 0.740. The molecule has 1 aromatic heterocycles. The van der Waals surface area contributed by atoms with Gasteiger partial charge in [-0.2, -0.15) is 10.4 Å². The zero-order chi connectivity index (χ0) is 8.81. The van der Waals surface area contributed by atoms with Crippen molar-refractivity contribution in [3.63, 3.8) is 0 Å². The van der Waals surface area contributed by atoms with Gasteiger partial charge in [-0.15, -0.1) is 5.10 Å². The maximum absolute atomic E-state index is 8.26. The maximum atomic E-state index is 8.26. The zero-order valence-electron chi connectivity index (χ0n) is 6.91. The van der Waals surface area contributed by atoms with Gasteiger partial charge in [-0.25, -0.2) is 0 Å². The van der Waals surface area contributed by atoms with Crippen molar-refractivity contribution in [3.8, 4) is 6.07 Å². The molecule has 0 spiro atoms. The number of hydrogen-bond donors (Lipinski definition) is 1. The van der Waals surface area contributed by atoms with Gasteiger partial charge in [-0.05, 0) is 19.1 Å². The van der Waals surface area contributed by atoms with Crippen LogP contribution in [0.5, 0.6) is 0 Å². The summed E-state index contributed by atoms with van der Waals surface area (Å²) in [5.74, 6) is 0.718. The van der Waals surface area contributed by atoms with Gasteiger partial charge in [0.1, 0.15) is 5.82 Å². The topological polar surface area (TPSA) is 61.6 Å². The summed E-state index contributed by atoms with van der Waals surface area (Å²) >= 11 is 0. The lowest BCUT2D eigenvalue weighted by molar-refractivity contribution is 0.957. The van der Waals surface area contributed by atoms with Crippen LogP contribution in [0.1, 0.15) is 12.1 Å². The normalized spacial score (nSPS) is 9.00. The Morgan fingerprint density at radius 2 is 2.33 bits per heavy atom. The third kappa shape index (κ3) is 2.54. The molecule has 0 atom stereocenters. The second-order valence-corrected chi connectivity index (χ2v) is 2.39. The van der Waals surface area contributed by atoms with Gasteiger partial charge in [0.05, 0.1) is 18.2 Å². The van der Waals surface area contributed by atoms with Crippen molar-refractivity contribution in [2.75, 3.05) is 11.9 Å². The molecule has 0 bridgehead atoms. The second-order valence-electron chi connectivity index (χ2n) is 2.39. The van der Waals surface area contributed by atoms with Crippen molar-refractivity contribution in [3.05, 3.63) is 17.8 Å². The SMILES string of the molecule is Cc1ccc(NCCC#N)nn1. The summed E-state index contributed by atoms with van der Waals surface area (Å²) < 4.78 is 0. The Labute approximate surface area is 71.2 Å². The van der Waals surface area contributed by atoms with Crippen molar-refractivity contribution < 1.29 is 0 Å². The molecule has 1 rings (SSSR count). The summed E-state index contributed by atoms with van der Waals surface area (Å²) in [6.07, 6.45) is 0.482. The lowest BCUT2D eigenvalue weighted by Gasteiger charge is -2.00. The number of nitrogens with zero attached hydrogens (tertiary/aromatic N) is 3. The van der Waals surface area contributed by atoms with Crippen molar-refractivity contribution >= 4 is 5.82 Å². The van der Waals surface area contributed by atoms with Crippen LogP contribution in [0.2, 0.25) is 0 Å². The lowest BCUT2D eigenvalue weighted by atomic mass is 10.4. The van der Waals surface area contributed by atoms with Crippen molar-refractivity contribution in [2.45, 2.75) is 13.3 Å². The Hall–Kier alpha value is -1.63. The number of anilines is 1. The summed E-state index contributed by atoms with van der Waals surface area (Å²) in [5, 5.41) is 19.0. The zero-order valence-corrected chi connectivity index (χ0v) is 6.91. The Morgan fingerprint density at radius 1 is 1.50 bits per heavy atom. The van der Waals surface area contributed by atoms with E-state index < -0.39 is 0 Å². The third-order valence-corrected chi connectivity index (χ3v) is 1.34. The van der Waals surface area contributed by atoms with E-state index in [0.717, 1.165) is 11.5 Å². The molecule has 1 heterocycles. The predicted molar refractivity (Wildman–Crippen MR) is 45.5 cm³/mol. The van der Waals surface area contributed by atoms with Crippen molar-refractivity contribution in [2.24, 2.45) is 0 Å². The molecule has 0 amide bonds. The Kier molecular flexibility index (Phi) is 3.03. The van der Waals surface area contributed by atoms with E-state index in [4.69, 9.17) is 5.26 Å². The summed E-state index contributed by atoms with van der Waals surface area (Å²) in [7, 11) is 0. The molecule has 0 aromatic carbocycles. The molecule has 1 aromatic rings. The predicted octanol–water partition coefficient (Wildman–Crippen LogP) is 1.11. The van der Waals surface area contributed by atoms with E-state index in [1.165, 1.54) is 0 Å². The average molecular weight is 162 g/mol. The first kappa shape index (κ1) is 8.47. The minimum absolute atomic E-state index is 0.482. The molecule has 0 saturated carbocycles. The number of aromatic nitrogens is 2. The largest absolute Gasteiger partial charge is 0.368 e. The van der Waals surface area contributed by atoms with Crippen LogP contribution >= 0.6 is 0 Å². The molecule has 0 unspecified atom stereocenters. The average Bonchev–Trinajstić information content (AvgIpc) is 2.09. The first-order valence-corrected chi connectivity index (χ1v) is 3.74. The van der Waals surface area contributed by atoms with Gasteiger partial charge >= 0.3 is 0 Å². The molecular weight excluding hydrogens is 152 g/mol. The van der Waals surface area contributed by atoms with Crippen LogP contribution < -0.4 is 5.32 Å². The van der Waals surface area contributed by atoms with Crippen molar-refractivity contribution in [1.29, 1.82) is 5.26 Å². The molecule has 0 radical (unpaired) electrons. The molecule has 0 aliphatic rings. The van der Waals surface area contributed by atoms with Crippen LogP contribution in [0, 0.1) is 18.3 Å². The van der Waals surface area contributed by atoms with Gasteiger partial charge in [-0.1, -0.05) is 0 Å². The highest BCUT2D eigenvalue weighted by Crippen LogP contribution is 1.99. The minimum atomic E-state index is 0.482. The number of nitriles is 1. The molecule has 4 nitrogen and oxygen atoms in total. The maximum Gasteiger partial charge on any atom is 0.148 e. The molecule has 62 valence electrons. The van der Waals surface area contributed by atoms with Crippen LogP contribution in [0.15, 0.2) is 12.1 Å². The highest BCUT2D eigenvalue weighted by Gasteiger charge is 1.91. The number of rotatable bonds is 3. The first-order chi connectivity index (χ1) is 5.83. The van der Waals surface area contributed by atoms with E-state index in [0.29, 0.717) is 13.0 Å². The van der Waals surface area contributed by atoms with Crippen LogP contribution in [-0.2, 0) is 0 Å². The van der Waals surface area contributed by atoms with Gasteiger partial charge < -0.3 is 5.32 Å². The summed E-state index contributed by atoms with van der Waals surface area (Å²) in [6, 6.07) is 5.76. The van der Waals surface area contributed by atoms with E-state index in [9.17, 15) is 0 Å². The van der Waals surface area contributed by atoms with Crippen LogP contribution in [0.3, 0.4) is 0 Å². The highest BCUT2D eigenvalue weighted by molar-refractivity contribution is 5.32. The molecule has 0 aliphatic carbocycles. The van der Waals surface area contributed by atoms with E-state index in [2.05, 4.69) is 15.5 Å². The van der Waals surface area contributed by atoms with E-state index >= 15 is 0 Å². The molecule has 0 aliphatic heterocycles. The fourth-order valence-electron chi connectivity index (χ4n) is 0.740. The van der Waals surface area contributed by atoms with Crippen LogP contribution in [-0.4, -0.2) is 16.7 Å². The minimum Gasteiger partial charge on any atom is -0.368 e. The van der Waals surface area contributed by atoms with Gasteiger partial charge in [0.2, 0.25) is 0 Å². The monoisotopic (exact) mass is 162 g/mol. The molecule has 0 fully saturated rings. The Morgan fingerprint density at radius 3 is 2.92 bits per heavy atom. The summed E-state index contributed by atoms with van der Waals surface area (Å²) in [4.78, 5) is 0. The lowest BCUT2D eigenvalue weighted by Crippen LogP contribution is -2.03. The molecular formula is C8H10N4. The molecule has 1 N–H and O–H groups in total. The van der Waals surface area contributed by atoms with Crippen LogP contribution in [0.4, 0.5) is 5.82 Å². The summed E-state index contributed by atoms with van der Waals surface area (Å²) in [5.41, 5.74) is 0.890. The quantitative estimate of drug-likeness (QED) is 0.676. The Balaban J connectivity index is 2.43. The molecule has 12 heavy (non-hydrogen) atoms. The smallest absolute Gasteiger partial charge is 0.148 e. The molecule has 0 saturated heterocycles. The number of nitrogens with one attached hydrogen (secondary N) is 1. The van der Waals surface area contributed by atoms with Gasteiger partial charge in [0.15, 0.2) is 0 Å². The van der Waals surface area contributed by atoms with E-state index in [1.807, 2.05) is 25.1 Å². The van der Waals surface area contributed by atoms with Crippen LogP contribution in [0.25, 0.3) is 0 Å². The Bertz CT molecular complexity index is 272. The van der Waals surface area contributed by atoms with Gasteiger partial charge in [0.25, 0.3) is 0 Å². The first-order valence-electron chi connectivity index (χ1n) is 3.74. The van der Waals surface area contributed by atoms with Crippen molar-refractivity contribution in [1.82, 2.24) is 10.2 Å². The number of hydrogen-bond acceptors (Lipinski definition) is 4.